The Balaban J connectivity index is 2.31. The molecule has 0 spiro atoms. The van der Waals surface area contributed by atoms with Gasteiger partial charge in [-0.05, 0) is 24.3 Å². The Kier molecular flexibility index (Phi) is 7.55. The zero-order valence-corrected chi connectivity index (χ0v) is 21.3. The molecule has 0 aliphatic rings. The molecule has 0 unspecified atom stereocenters. The normalized spacial score (nSPS) is 11.4. The third kappa shape index (κ3) is 4.44. The van der Waals surface area contributed by atoms with Crippen molar-refractivity contribution in [2.75, 3.05) is 0 Å². The van der Waals surface area contributed by atoms with Crippen molar-refractivity contribution in [2.24, 2.45) is 0 Å². The first-order valence-corrected chi connectivity index (χ1v) is 12.7. The van der Waals surface area contributed by atoms with Crippen LogP contribution in [0.4, 0.5) is 0 Å². The van der Waals surface area contributed by atoms with Gasteiger partial charge >= 0.3 is 0 Å². The van der Waals surface area contributed by atoms with E-state index < -0.39 is 18.2 Å². The first-order valence-electron chi connectivity index (χ1n) is 8.32. The van der Waals surface area contributed by atoms with Gasteiger partial charge in [0.15, 0.2) is 0 Å². The van der Waals surface area contributed by atoms with E-state index >= 15 is 0 Å². The minimum atomic E-state index is -4.36. The number of carbonyl (C=O) groups is 2. The Labute approximate surface area is 207 Å². The fourth-order valence-electron chi connectivity index (χ4n) is 2.91. The average Bonchev–Trinajstić information content (AvgIpc) is 2.66. The number of hydrogen-bond acceptors (Lipinski definition) is 9. The molecule has 10 heteroatoms. The Bertz CT molecular complexity index is 1110. The van der Waals surface area contributed by atoms with Crippen molar-refractivity contribution >= 4 is 99.3 Å². The number of hydrogen-bond donors (Lipinski definition) is 6. The van der Waals surface area contributed by atoms with Gasteiger partial charge in [-0.15, -0.1) is 75.8 Å². The molecule has 0 aromatic heterocycles. The van der Waals surface area contributed by atoms with Crippen LogP contribution in [0.3, 0.4) is 0 Å². The maximum absolute atomic E-state index is 14.3. The highest BCUT2D eigenvalue weighted by atomic mass is 32.1. The van der Waals surface area contributed by atoms with E-state index in [1.807, 2.05) is 0 Å². The molecule has 3 aromatic carbocycles. The molecular formula is C20H15O3PS6. The molecule has 0 saturated carbocycles. The van der Waals surface area contributed by atoms with Crippen LogP contribution in [0.1, 0.15) is 20.7 Å². The molecular weight excluding hydrogens is 512 g/mol. The molecule has 0 heterocycles. The number of rotatable bonds is 5. The molecule has 0 radical (unpaired) electrons. The van der Waals surface area contributed by atoms with Gasteiger partial charge in [-0.3, -0.25) is 9.59 Å². The van der Waals surface area contributed by atoms with Gasteiger partial charge in [-0.2, -0.15) is 0 Å². The van der Waals surface area contributed by atoms with Crippen molar-refractivity contribution in [3.8, 4) is 0 Å². The average molecular weight is 527 g/mol. The second-order valence-corrected chi connectivity index (χ2v) is 11.8. The van der Waals surface area contributed by atoms with Crippen LogP contribution in [0.5, 0.6) is 0 Å². The smallest absolute Gasteiger partial charge is 0.248 e. The highest BCUT2D eigenvalue weighted by molar-refractivity contribution is 8.01. The molecule has 0 amide bonds. The van der Waals surface area contributed by atoms with Gasteiger partial charge < -0.3 is 4.57 Å². The van der Waals surface area contributed by atoms with E-state index in [0.29, 0.717) is 9.79 Å². The van der Waals surface area contributed by atoms with Crippen LogP contribution in [0, 0.1) is 0 Å². The summed E-state index contributed by atoms with van der Waals surface area (Å²) < 4.78 is 14.3. The van der Waals surface area contributed by atoms with Crippen molar-refractivity contribution < 1.29 is 14.2 Å². The lowest BCUT2D eigenvalue weighted by molar-refractivity contribution is 0.103. The van der Waals surface area contributed by atoms with Crippen LogP contribution in [0.2, 0.25) is 0 Å². The van der Waals surface area contributed by atoms with Gasteiger partial charge in [0.2, 0.25) is 18.2 Å². The number of benzene rings is 3. The Morgan fingerprint density at radius 1 is 0.600 bits per heavy atom. The van der Waals surface area contributed by atoms with E-state index in [4.69, 9.17) is 0 Å². The van der Waals surface area contributed by atoms with E-state index in [9.17, 15) is 14.2 Å². The van der Waals surface area contributed by atoms with Crippen LogP contribution < -0.4 is 5.30 Å². The molecule has 0 saturated heterocycles. The fourth-order valence-corrected chi connectivity index (χ4v) is 8.17. The Morgan fingerprint density at radius 3 is 1.27 bits per heavy atom. The first kappa shape index (κ1) is 24.0. The lowest BCUT2D eigenvalue weighted by Gasteiger charge is -2.20. The second-order valence-electron chi connectivity index (χ2n) is 6.27. The van der Waals surface area contributed by atoms with E-state index in [1.165, 1.54) is 36.4 Å². The second kappa shape index (κ2) is 9.45. The minimum absolute atomic E-state index is 0.00718. The third-order valence-corrected chi connectivity index (χ3v) is 8.83. The third-order valence-electron chi connectivity index (χ3n) is 4.28. The predicted octanol–water partition coefficient (Wildman–Crippen LogP) is 6.09. The largest absolute Gasteiger partial charge is 0.302 e. The van der Waals surface area contributed by atoms with Crippen LogP contribution in [0.15, 0.2) is 84.0 Å². The zero-order valence-electron chi connectivity index (χ0n) is 15.1. The van der Waals surface area contributed by atoms with Crippen molar-refractivity contribution in [1.82, 2.24) is 0 Å². The molecule has 3 aromatic rings. The Morgan fingerprint density at radius 2 is 0.933 bits per heavy atom. The molecule has 0 aliphatic carbocycles. The van der Waals surface area contributed by atoms with Gasteiger partial charge in [0.1, 0.15) is 0 Å². The van der Waals surface area contributed by atoms with Crippen molar-refractivity contribution in [1.29, 1.82) is 0 Å². The summed E-state index contributed by atoms with van der Waals surface area (Å²) in [6, 6.07) is 14.0. The SMILES string of the molecule is O=C(c1c(S)cc(S)cc1S)P(=O)(C(=O)c1c(S)cc(S)cc1S)c1ccccc1. The summed E-state index contributed by atoms with van der Waals surface area (Å²) in [5, 5.41) is 0.103. The summed E-state index contributed by atoms with van der Waals surface area (Å²) in [6.07, 6.45) is 0. The predicted molar refractivity (Wildman–Crippen MR) is 139 cm³/mol. The molecule has 30 heavy (non-hydrogen) atoms. The summed E-state index contributed by atoms with van der Waals surface area (Å²) in [5.74, 6) is 0. The zero-order chi connectivity index (χ0) is 22.2. The highest BCUT2D eigenvalue weighted by Crippen LogP contribution is 2.54. The lowest BCUT2D eigenvalue weighted by atomic mass is 10.2. The topological polar surface area (TPSA) is 51.2 Å². The fraction of sp³-hybridized carbons (Fsp3) is 0. The summed E-state index contributed by atoms with van der Waals surface area (Å²) >= 11 is 25.8. The summed E-state index contributed by atoms with van der Waals surface area (Å²) in [5.41, 5.74) is -1.74. The molecule has 0 bridgehead atoms. The van der Waals surface area contributed by atoms with Gasteiger partial charge in [-0.1, -0.05) is 30.3 Å². The first-order chi connectivity index (χ1) is 14.1. The number of carbonyl (C=O) groups excluding carboxylic acids is 2. The highest BCUT2D eigenvalue weighted by Gasteiger charge is 2.45. The van der Waals surface area contributed by atoms with E-state index in [-0.39, 0.29) is 36.0 Å². The van der Waals surface area contributed by atoms with Gasteiger partial charge in [-0.25, -0.2) is 0 Å². The molecule has 0 aliphatic heterocycles. The molecule has 0 N–H and O–H groups in total. The van der Waals surface area contributed by atoms with Crippen LogP contribution >= 0.6 is 82.9 Å². The summed E-state index contributed by atoms with van der Waals surface area (Å²) in [6.45, 7) is 0. The molecule has 154 valence electrons. The summed E-state index contributed by atoms with van der Waals surface area (Å²) in [7, 11) is -4.36. The summed E-state index contributed by atoms with van der Waals surface area (Å²) in [4.78, 5) is 29.3. The van der Waals surface area contributed by atoms with Crippen molar-refractivity contribution in [3.63, 3.8) is 0 Å². The van der Waals surface area contributed by atoms with Crippen LogP contribution in [-0.4, -0.2) is 11.0 Å². The van der Waals surface area contributed by atoms with Gasteiger partial charge in [0, 0.05) is 34.7 Å². The molecule has 0 fully saturated rings. The van der Waals surface area contributed by atoms with Crippen LogP contribution in [0.25, 0.3) is 0 Å². The molecule has 3 nitrogen and oxygen atoms in total. The van der Waals surface area contributed by atoms with E-state index in [2.05, 4.69) is 75.8 Å². The van der Waals surface area contributed by atoms with E-state index in [0.717, 1.165) is 0 Å². The quantitative estimate of drug-likeness (QED) is 0.180. The minimum Gasteiger partial charge on any atom is -0.302 e. The van der Waals surface area contributed by atoms with Gasteiger partial charge in [0.05, 0.1) is 11.1 Å². The Hall–Kier alpha value is -0.670. The standard InChI is InChI=1S/C20H15O3PS6/c21-19(17-13(27)6-11(25)7-14(17)28)24(23,10-4-2-1-3-5-10)20(22)18-15(29)8-12(26)9-16(18)30/h1-9,25-30H. The molecule has 0 atom stereocenters. The maximum atomic E-state index is 14.3. The lowest BCUT2D eigenvalue weighted by Crippen LogP contribution is -2.22. The van der Waals surface area contributed by atoms with E-state index in [1.54, 1.807) is 18.2 Å². The van der Waals surface area contributed by atoms with Crippen molar-refractivity contribution in [2.45, 2.75) is 29.4 Å². The van der Waals surface area contributed by atoms with Gasteiger partial charge in [0.25, 0.3) is 0 Å². The molecule has 3 rings (SSSR count). The van der Waals surface area contributed by atoms with Crippen LogP contribution in [-0.2, 0) is 4.57 Å². The monoisotopic (exact) mass is 526 g/mol. The van der Waals surface area contributed by atoms with Crippen molar-refractivity contribution in [3.05, 3.63) is 65.7 Å². The maximum Gasteiger partial charge on any atom is 0.248 e. The number of thiol groups is 6.